The van der Waals surface area contributed by atoms with Gasteiger partial charge in [0.1, 0.15) is 11.9 Å². The summed E-state index contributed by atoms with van der Waals surface area (Å²) in [6.45, 7) is -0.260. The Hall–Kier alpha value is -2.08. The summed E-state index contributed by atoms with van der Waals surface area (Å²) in [6.07, 6.45) is -1.42. The normalized spacial score (nSPS) is 11.8. The summed E-state index contributed by atoms with van der Waals surface area (Å²) in [4.78, 5) is 21.9. The number of aliphatic hydroxyl groups excluding tert-OH is 1. The minimum atomic E-state index is -1.42. The molecule has 1 atom stereocenters. The van der Waals surface area contributed by atoms with E-state index in [9.17, 15) is 9.59 Å². The van der Waals surface area contributed by atoms with E-state index in [0.717, 1.165) is 0 Å². The second-order valence-corrected chi connectivity index (χ2v) is 3.18. The molecule has 86 valence electrons. The Labute approximate surface area is 91.7 Å². The van der Waals surface area contributed by atoms with Crippen LogP contribution in [0.4, 0.5) is 0 Å². The molecule has 0 aromatic heterocycles. The predicted octanol–water partition coefficient (Wildman–Crippen LogP) is -1.03. The average Bonchev–Trinajstić information content (AvgIpc) is 2.25. The van der Waals surface area contributed by atoms with Crippen molar-refractivity contribution in [3.8, 4) is 5.75 Å². The molecular weight excluding hydrogens is 212 g/mol. The molecular formula is C10H12N2O4. The molecule has 16 heavy (non-hydrogen) atoms. The SMILES string of the molecule is NC(=O)C(O)CNC(=O)c1cccc(O)c1. The summed E-state index contributed by atoms with van der Waals surface area (Å²) in [7, 11) is 0. The highest BCUT2D eigenvalue weighted by Crippen LogP contribution is 2.10. The number of phenols is 1. The maximum absolute atomic E-state index is 11.4. The summed E-state index contributed by atoms with van der Waals surface area (Å²) < 4.78 is 0. The number of benzene rings is 1. The molecule has 2 amide bonds. The van der Waals surface area contributed by atoms with Gasteiger partial charge in [0.25, 0.3) is 5.91 Å². The Bertz CT molecular complexity index is 406. The van der Waals surface area contributed by atoms with Crippen molar-refractivity contribution in [2.45, 2.75) is 6.10 Å². The van der Waals surface area contributed by atoms with Crippen molar-refractivity contribution in [1.29, 1.82) is 0 Å². The van der Waals surface area contributed by atoms with Gasteiger partial charge in [-0.05, 0) is 18.2 Å². The quantitative estimate of drug-likeness (QED) is 0.523. The van der Waals surface area contributed by atoms with Crippen LogP contribution in [0.15, 0.2) is 24.3 Å². The molecule has 5 N–H and O–H groups in total. The van der Waals surface area contributed by atoms with Gasteiger partial charge in [0, 0.05) is 5.56 Å². The first-order valence-electron chi connectivity index (χ1n) is 4.55. The minimum Gasteiger partial charge on any atom is -0.508 e. The van der Waals surface area contributed by atoms with Crippen LogP contribution in [-0.4, -0.2) is 34.7 Å². The van der Waals surface area contributed by atoms with Crippen molar-refractivity contribution >= 4 is 11.8 Å². The van der Waals surface area contributed by atoms with E-state index in [-0.39, 0.29) is 17.9 Å². The van der Waals surface area contributed by atoms with Crippen molar-refractivity contribution in [3.05, 3.63) is 29.8 Å². The van der Waals surface area contributed by atoms with Gasteiger partial charge in [0.05, 0.1) is 6.54 Å². The van der Waals surface area contributed by atoms with E-state index in [2.05, 4.69) is 5.32 Å². The molecule has 0 fully saturated rings. The Morgan fingerprint density at radius 1 is 1.44 bits per heavy atom. The molecule has 1 aromatic rings. The van der Waals surface area contributed by atoms with Gasteiger partial charge < -0.3 is 21.3 Å². The van der Waals surface area contributed by atoms with Gasteiger partial charge in [-0.25, -0.2) is 0 Å². The van der Waals surface area contributed by atoms with E-state index in [1.807, 2.05) is 0 Å². The molecule has 1 unspecified atom stereocenters. The molecule has 0 aliphatic heterocycles. The van der Waals surface area contributed by atoms with Crippen LogP contribution in [-0.2, 0) is 4.79 Å². The number of aromatic hydroxyl groups is 1. The number of primary amides is 1. The van der Waals surface area contributed by atoms with Gasteiger partial charge >= 0.3 is 0 Å². The van der Waals surface area contributed by atoms with E-state index < -0.39 is 17.9 Å². The number of carbonyl (C=O) groups is 2. The van der Waals surface area contributed by atoms with E-state index in [1.54, 1.807) is 0 Å². The van der Waals surface area contributed by atoms with Crippen LogP contribution in [0, 0.1) is 0 Å². The number of phenolic OH excluding ortho intramolecular Hbond substituents is 1. The molecule has 0 aliphatic rings. The largest absolute Gasteiger partial charge is 0.508 e. The fourth-order valence-corrected chi connectivity index (χ4v) is 1.04. The zero-order valence-corrected chi connectivity index (χ0v) is 8.38. The summed E-state index contributed by atoms with van der Waals surface area (Å²) in [6, 6.07) is 5.70. The molecule has 0 aliphatic carbocycles. The molecule has 1 aromatic carbocycles. The van der Waals surface area contributed by atoms with Crippen LogP contribution in [0.1, 0.15) is 10.4 Å². The first-order chi connectivity index (χ1) is 7.50. The first-order valence-corrected chi connectivity index (χ1v) is 4.55. The van der Waals surface area contributed by atoms with Crippen LogP contribution < -0.4 is 11.1 Å². The molecule has 0 heterocycles. The Balaban J connectivity index is 2.56. The zero-order valence-electron chi connectivity index (χ0n) is 8.38. The van der Waals surface area contributed by atoms with Crippen molar-refractivity contribution in [2.75, 3.05) is 6.54 Å². The molecule has 0 saturated heterocycles. The Morgan fingerprint density at radius 3 is 2.69 bits per heavy atom. The lowest BCUT2D eigenvalue weighted by atomic mass is 10.2. The molecule has 0 spiro atoms. The van der Waals surface area contributed by atoms with Gasteiger partial charge in [0.15, 0.2) is 0 Å². The van der Waals surface area contributed by atoms with Crippen molar-refractivity contribution in [1.82, 2.24) is 5.32 Å². The fraction of sp³-hybridized carbons (Fsp3) is 0.200. The lowest BCUT2D eigenvalue weighted by Gasteiger charge is -2.08. The van der Waals surface area contributed by atoms with Crippen molar-refractivity contribution in [3.63, 3.8) is 0 Å². The van der Waals surface area contributed by atoms with Gasteiger partial charge in [-0.1, -0.05) is 6.07 Å². The molecule has 6 nitrogen and oxygen atoms in total. The lowest BCUT2D eigenvalue weighted by molar-refractivity contribution is -0.125. The highest BCUT2D eigenvalue weighted by atomic mass is 16.3. The van der Waals surface area contributed by atoms with Gasteiger partial charge in [-0.3, -0.25) is 9.59 Å². The van der Waals surface area contributed by atoms with E-state index in [0.29, 0.717) is 0 Å². The average molecular weight is 224 g/mol. The summed E-state index contributed by atoms with van der Waals surface area (Å²) in [5.41, 5.74) is 5.04. The van der Waals surface area contributed by atoms with Crippen molar-refractivity contribution in [2.24, 2.45) is 5.73 Å². The maximum Gasteiger partial charge on any atom is 0.251 e. The van der Waals surface area contributed by atoms with E-state index in [1.165, 1.54) is 24.3 Å². The number of aliphatic hydroxyl groups is 1. The molecule has 0 bridgehead atoms. The van der Waals surface area contributed by atoms with Gasteiger partial charge in [0.2, 0.25) is 5.91 Å². The number of amides is 2. The second kappa shape index (κ2) is 5.13. The Kier molecular flexibility index (Phi) is 3.84. The number of hydrogen-bond acceptors (Lipinski definition) is 4. The van der Waals surface area contributed by atoms with Crippen LogP contribution in [0.2, 0.25) is 0 Å². The topological polar surface area (TPSA) is 113 Å². The maximum atomic E-state index is 11.4. The summed E-state index contributed by atoms with van der Waals surface area (Å²) in [5, 5.41) is 20.5. The van der Waals surface area contributed by atoms with Crippen LogP contribution in [0.5, 0.6) is 5.75 Å². The third kappa shape index (κ3) is 3.25. The molecule has 0 radical (unpaired) electrons. The lowest BCUT2D eigenvalue weighted by Crippen LogP contribution is -2.39. The minimum absolute atomic E-state index is 0.0388. The van der Waals surface area contributed by atoms with Crippen LogP contribution in [0.3, 0.4) is 0 Å². The van der Waals surface area contributed by atoms with Crippen molar-refractivity contribution < 1.29 is 19.8 Å². The number of hydrogen-bond donors (Lipinski definition) is 4. The standard InChI is InChI=1S/C10H12N2O4/c11-9(15)8(14)5-12-10(16)6-2-1-3-7(13)4-6/h1-4,8,13-14H,5H2,(H2,11,15)(H,12,16). The smallest absolute Gasteiger partial charge is 0.251 e. The number of rotatable bonds is 4. The second-order valence-electron chi connectivity index (χ2n) is 3.18. The molecule has 1 rings (SSSR count). The third-order valence-electron chi connectivity index (χ3n) is 1.89. The molecule has 0 saturated carbocycles. The van der Waals surface area contributed by atoms with Gasteiger partial charge in [-0.2, -0.15) is 0 Å². The number of nitrogens with one attached hydrogen (secondary N) is 1. The van der Waals surface area contributed by atoms with E-state index in [4.69, 9.17) is 15.9 Å². The van der Waals surface area contributed by atoms with Crippen LogP contribution in [0.25, 0.3) is 0 Å². The number of nitrogens with two attached hydrogens (primary N) is 1. The van der Waals surface area contributed by atoms with E-state index >= 15 is 0 Å². The Morgan fingerprint density at radius 2 is 2.12 bits per heavy atom. The first kappa shape index (κ1) is 12.0. The molecule has 6 heteroatoms. The highest BCUT2D eigenvalue weighted by molar-refractivity contribution is 5.94. The third-order valence-corrected chi connectivity index (χ3v) is 1.89. The monoisotopic (exact) mass is 224 g/mol. The zero-order chi connectivity index (χ0) is 12.1. The van der Waals surface area contributed by atoms with Crippen LogP contribution >= 0.6 is 0 Å². The summed E-state index contributed by atoms with van der Waals surface area (Å²) >= 11 is 0. The van der Waals surface area contributed by atoms with Gasteiger partial charge in [-0.15, -0.1) is 0 Å². The number of carbonyl (C=O) groups excluding carboxylic acids is 2. The predicted molar refractivity (Wildman–Crippen MR) is 55.6 cm³/mol. The highest BCUT2D eigenvalue weighted by Gasteiger charge is 2.13. The summed E-state index contributed by atoms with van der Waals surface area (Å²) in [5.74, 6) is -1.45. The fourth-order valence-electron chi connectivity index (χ4n) is 1.04.